The van der Waals surface area contributed by atoms with Crippen LogP contribution in [0.4, 0.5) is 11.4 Å². The highest BCUT2D eigenvalue weighted by Gasteiger charge is 2.10. The molecule has 0 aliphatic carbocycles. The van der Waals surface area contributed by atoms with Gasteiger partial charge in [-0.3, -0.25) is 10.1 Å². The Hall–Kier alpha value is -1.57. The second-order valence-corrected chi connectivity index (χ2v) is 4.88. The van der Waals surface area contributed by atoms with Crippen molar-refractivity contribution in [3.05, 3.63) is 55.5 Å². The summed E-state index contributed by atoms with van der Waals surface area (Å²) in [5.74, 6) is 0.829. The molecular formula is C12H11IN2O3. The number of halogens is 1. The third-order valence-corrected chi connectivity index (χ3v) is 3.07. The maximum absolute atomic E-state index is 10.7. The molecule has 0 fully saturated rings. The van der Waals surface area contributed by atoms with Crippen LogP contribution in [-0.2, 0) is 6.54 Å². The normalized spacial score (nSPS) is 10.3. The van der Waals surface area contributed by atoms with Crippen LogP contribution in [0.15, 0.2) is 34.7 Å². The molecule has 0 radical (unpaired) electrons. The number of aryl methyl sites for hydroxylation is 1. The second-order valence-electron chi connectivity index (χ2n) is 3.82. The van der Waals surface area contributed by atoms with E-state index in [0.717, 1.165) is 15.2 Å². The Bertz CT molecular complexity index is 580. The quantitative estimate of drug-likeness (QED) is 0.514. The largest absolute Gasteiger partial charge is 0.454 e. The van der Waals surface area contributed by atoms with Crippen molar-refractivity contribution in [1.29, 1.82) is 0 Å². The maximum atomic E-state index is 10.7. The standard InChI is InChI=1S/C12H11IN2O3/c1-8-6-9(2-4-11(8)15(16)17)14-7-10-3-5-12(13)18-10/h2-6,14H,7H2,1H3. The molecule has 18 heavy (non-hydrogen) atoms. The molecule has 0 saturated carbocycles. The van der Waals surface area contributed by atoms with Crippen molar-refractivity contribution in [1.82, 2.24) is 0 Å². The number of hydrogen-bond acceptors (Lipinski definition) is 4. The summed E-state index contributed by atoms with van der Waals surface area (Å²) in [4.78, 5) is 10.3. The van der Waals surface area contributed by atoms with Crippen LogP contribution in [0.2, 0.25) is 0 Å². The third kappa shape index (κ3) is 3.00. The molecule has 2 rings (SSSR count). The van der Waals surface area contributed by atoms with E-state index in [1.807, 2.05) is 12.1 Å². The van der Waals surface area contributed by atoms with Crippen molar-refractivity contribution < 1.29 is 9.34 Å². The van der Waals surface area contributed by atoms with Crippen molar-refractivity contribution in [3.63, 3.8) is 0 Å². The zero-order chi connectivity index (χ0) is 13.1. The first-order chi connectivity index (χ1) is 8.56. The molecule has 0 unspecified atom stereocenters. The molecule has 5 nitrogen and oxygen atoms in total. The van der Waals surface area contributed by atoms with Gasteiger partial charge in [-0.25, -0.2) is 0 Å². The van der Waals surface area contributed by atoms with Gasteiger partial charge in [0.25, 0.3) is 5.69 Å². The first kappa shape index (κ1) is 12.9. The lowest BCUT2D eigenvalue weighted by Crippen LogP contribution is -1.99. The number of nitro groups is 1. The molecule has 94 valence electrons. The number of hydrogen-bond donors (Lipinski definition) is 1. The van der Waals surface area contributed by atoms with Crippen LogP contribution in [0.3, 0.4) is 0 Å². The minimum absolute atomic E-state index is 0.132. The lowest BCUT2D eigenvalue weighted by molar-refractivity contribution is -0.385. The van der Waals surface area contributed by atoms with Gasteiger partial charge in [0.15, 0.2) is 3.77 Å². The number of rotatable bonds is 4. The smallest absolute Gasteiger partial charge is 0.272 e. The van der Waals surface area contributed by atoms with E-state index in [0.29, 0.717) is 12.1 Å². The van der Waals surface area contributed by atoms with Crippen LogP contribution in [0, 0.1) is 20.8 Å². The molecule has 6 heteroatoms. The Balaban J connectivity index is 2.06. The molecule has 1 aromatic carbocycles. The van der Waals surface area contributed by atoms with Crippen LogP contribution < -0.4 is 5.32 Å². The number of nitrogens with zero attached hydrogens (tertiary/aromatic N) is 1. The van der Waals surface area contributed by atoms with E-state index in [2.05, 4.69) is 27.9 Å². The minimum atomic E-state index is -0.381. The molecule has 0 aliphatic heterocycles. The molecule has 0 aliphatic rings. The van der Waals surface area contributed by atoms with Crippen molar-refractivity contribution >= 4 is 34.0 Å². The van der Waals surface area contributed by atoms with E-state index in [9.17, 15) is 10.1 Å². The Kier molecular flexibility index (Phi) is 3.85. The third-order valence-electron chi connectivity index (χ3n) is 2.49. The number of nitro benzene ring substituents is 1. The predicted molar refractivity (Wildman–Crippen MR) is 76.6 cm³/mol. The van der Waals surface area contributed by atoms with Crippen LogP contribution in [0.5, 0.6) is 0 Å². The van der Waals surface area contributed by atoms with E-state index in [-0.39, 0.29) is 10.6 Å². The number of anilines is 1. The first-order valence-electron chi connectivity index (χ1n) is 5.29. The molecule has 0 amide bonds. The summed E-state index contributed by atoms with van der Waals surface area (Å²) in [6.45, 7) is 2.28. The Morgan fingerprint density at radius 1 is 1.39 bits per heavy atom. The highest BCUT2D eigenvalue weighted by molar-refractivity contribution is 14.1. The molecule has 0 saturated heterocycles. The summed E-state index contributed by atoms with van der Waals surface area (Å²) in [5, 5.41) is 13.8. The summed E-state index contributed by atoms with van der Waals surface area (Å²) >= 11 is 2.10. The van der Waals surface area contributed by atoms with Gasteiger partial charge in [0.2, 0.25) is 0 Å². The fraction of sp³-hybridized carbons (Fsp3) is 0.167. The average Bonchev–Trinajstić information content (AvgIpc) is 2.72. The van der Waals surface area contributed by atoms with E-state index in [1.54, 1.807) is 19.1 Å². The topological polar surface area (TPSA) is 68.3 Å². The van der Waals surface area contributed by atoms with E-state index in [4.69, 9.17) is 4.42 Å². The van der Waals surface area contributed by atoms with E-state index >= 15 is 0 Å². The number of furan rings is 1. The maximum Gasteiger partial charge on any atom is 0.272 e. The number of nitrogens with one attached hydrogen (secondary N) is 1. The predicted octanol–water partition coefficient (Wildman–Crippen LogP) is 3.71. The van der Waals surface area contributed by atoms with Gasteiger partial charge in [-0.1, -0.05) is 0 Å². The Morgan fingerprint density at radius 3 is 2.72 bits per heavy atom. The van der Waals surface area contributed by atoms with Gasteiger partial charge in [-0.05, 0) is 53.8 Å². The molecule has 1 heterocycles. The van der Waals surface area contributed by atoms with E-state index in [1.165, 1.54) is 6.07 Å². The van der Waals surface area contributed by atoms with Crippen LogP contribution in [0.1, 0.15) is 11.3 Å². The summed E-state index contributed by atoms with van der Waals surface area (Å²) in [7, 11) is 0. The summed E-state index contributed by atoms with van der Waals surface area (Å²) in [6.07, 6.45) is 0. The lowest BCUT2D eigenvalue weighted by atomic mass is 10.2. The van der Waals surface area contributed by atoms with Gasteiger partial charge < -0.3 is 9.73 Å². The Labute approximate surface area is 117 Å². The van der Waals surface area contributed by atoms with Crippen molar-refractivity contribution in [3.8, 4) is 0 Å². The molecular weight excluding hydrogens is 347 g/mol. The first-order valence-corrected chi connectivity index (χ1v) is 6.37. The molecule has 1 aromatic heterocycles. The molecule has 2 aromatic rings. The zero-order valence-electron chi connectivity index (χ0n) is 9.64. The highest BCUT2D eigenvalue weighted by Crippen LogP contribution is 2.22. The summed E-state index contributed by atoms with van der Waals surface area (Å²) in [5.41, 5.74) is 1.61. The highest BCUT2D eigenvalue weighted by atomic mass is 127. The lowest BCUT2D eigenvalue weighted by Gasteiger charge is -2.05. The van der Waals surface area contributed by atoms with Gasteiger partial charge in [-0.2, -0.15) is 0 Å². The minimum Gasteiger partial charge on any atom is -0.454 e. The number of benzene rings is 1. The average molecular weight is 358 g/mol. The molecule has 0 spiro atoms. The van der Waals surface area contributed by atoms with Crippen molar-refractivity contribution in [2.45, 2.75) is 13.5 Å². The Morgan fingerprint density at radius 2 is 2.17 bits per heavy atom. The van der Waals surface area contributed by atoms with E-state index < -0.39 is 0 Å². The fourth-order valence-electron chi connectivity index (χ4n) is 1.61. The van der Waals surface area contributed by atoms with Crippen LogP contribution in [0.25, 0.3) is 0 Å². The van der Waals surface area contributed by atoms with Gasteiger partial charge in [0, 0.05) is 17.3 Å². The zero-order valence-corrected chi connectivity index (χ0v) is 11.8. The van der Waals surface area contributed by atoms with Crippen molar-refractivity contribution in [2.75, 3.05) is 5.32 Å². The van der Waals surface area contributed by atoms with Crippen LogP contribution >= 0.6 is 22.6 Å². The van der Waals surface area contributed by atoms with Gasteiger partial charge in [0.1, 0.15) is 5.76 Å². The van der Waals surface area contributed by atoms with Crippen LogP contribution in [-0.4, -0.2) is 4.92 Å². The second kappa shape index (κ2) is 5.38. The van der Waals surface area contributed by atoms with Gasteiger partial charge >= 0.3 is 0 Å². The monoisotopic (exact) mass is 358 g/mol. The van der Waals surface area contributed by atoms with Crippen molar-refractivity contribution in [2.24, 2.45) is 0 Å². The molecule has 1 N–H and O–H groups in total. The molecule has 0 bridgehead atoms. The van der Waals surface area contributed by atoms with Gasteiger partial charge in [-0.15, -0.1) is 0 Å². The fourth-order valence-corrected chi connectivity index (χ4v) is 2.07. The molecule has 0 atom stereocenters. The summed E-state index contributed by atoms with van der Waals surface area (Å²) < 4.78 is 6.25. The van der Waals surface area contributed by atoms with Gasteiger partial charge in [0.05, 0.1) is 11.5 Å². The SMILES string of the molecule is Cc1cc(NCc2ccc(I)o2)ccc1[N+](=O)[O-]. The summed E-state index contributed by atoms with van der Waals surface area (Å²) in [6, 6.07) is 8.74.